The van der Waals surface area contributed by atoms with Gasteiger partial charge in [-0.1, -0.05) is 30.3 Å². The van der Waals surface area contributed by atoms with Crippen molar-refractivity contribution >= 4 is 16.7 Å². The van der Waals surface area contributed by atoms with Crippen LogP contribution in [0.1, 0.15) is 17.2 Å². The van der Waals surface area contributed by atoms with Gasteiger partial charge in [-0.15, -0.1) is 0 Å². The maximum Gasteiger partial charge on any atom is 0.132 e. The number of rotatable bonds is 6. The van der Waals surface area contributed by atoms with Gasteiger partial charge in [-0.3, -0.25) is 0 Å². The number of anilines is 1. The van der Waals surface area contributed by atoms with Crippen LogP contribution in [0, 0.1) is 0 Å². The lowest BCUT2D eigenvalue weighted by Gasteiger charge is -2.15. The van der Waals surface area contributed by atoms with Gasteiger partial charge in [0.1, 0.15) is 11.6 Å². The summed E-state index contributed by atoms with van der Waals surface area (Å²) in [4.78, 5) is 4.54. The number of methoxy groups -OCH3 is 1. The Morgan fingerprint density at radius 3 is 2.58 bits per heavy atom. The first kappa shape index (κ1) is 16.2. The molecule has 1 atom stereocenters. The topological polar surface area (TPSA) is 74.6 Å². The number of aromatic nitrogens is 1. The molecule has 5 heteroatoms. The Balaban J connectivity index is 1.76. The van der Waals surface area contributed by atoms with Crippen molar-refractivity contribution in [2.75, 3.05) is 19.0 Å². The second-order valence-electron chi connectivity index (χ2n) is 5.52. The van der Waals surface area contributed by atoms with Crippen LogP contribution in [-0.4, -0.2) is 28.9 Å². The van der Waals surface area contributed by atoms with Gasteiger partial charge in [-0.25, -0.2) is 4.98 Å². The lowest BCUT2D eigenvalue weighted by Crippen LogP contribution is -2.14. The van der Waals surface area contributed by atoms with Crippen LogP contribution in [0.3, 0.4) is 0 Å². The van der Waals surface area contributed by atoms with Crippen molar-refractivity contribution in [1.82, 2.24) is 4.98 Å². The van der Waals surface area contributed by atoms with Crippen LogP contribution in [0.15, 0.2) is 54.6 Å². The van der Waals surface area contributed by atoms with E-state index in [2.05, 4.69) is 10.3 Å². The van der Waals surface area contributed by atoms with Crippen LogP contribution in [0.4, 0.5) is 5.82 Å². The minimum absolute atomic E-state index is 0.112. The SMILES string of the molecule is COc1ccc(C(O)CNc2nc3ccccc3cc2CO)cc1. The highest BCUT2D eigenvalue weighted by molar-refractivity contribution is 5.81. The summed E-state index contributed by atoms with van der Waals surface area (Å²) in [6.45, 7) is 0.184. The number of benzene rings is 2. The zero-order chi connectivity index (χ0) is 16.9. The molecule has 3 N–H and O–H groups in total. The first-order valence-corrected chi connectivity index (χ1v) is 7.76. The number of nitrogens with one attached hydrogen (secondary N) is 1. The predicted octanol–water partition coefficient (Wildman–Crippen LogP) is 2.88. The fourth-order valence-corrected chi connectivity index (χ4v) is 2.57. The summed E-state index contributed by atoms with van der Waals surface area (Å²) in [6, 6.07) is 16.9. The molecular formula is C19H20N2O3. The van der Waals surface area contributed by atoms with Crippen molar-refractivity contribution in [3.05, 3.63) is 65.7 Å². The minimum Gasteiger partial charge on any atom is -0.497 e. The third-order valence-electron chi connectivity index (χ3n) is 3.94. The second kappa shape index (κ2) is 7.29. The smallest absolute Gasteiger partial charge is 0.132 e. The number of pyridine rings is 1. The Bertz CT molecular complexity index is 818. The Labute approximate surface area is 140 Å². The normalized spacial score (nSPS) is 12.1. The molecule has 2 aromatic carbocycles. The summed E-state index contributed by atoms with van der Waals surface area (Å²) < 4.78 is 5.11. The molecule has 5 nitrogen and oxygen atoms in total. The predicted molar refractivity (Wildman–Crippen MR) is 94.1 cm³/mol. The second-order valence-corrected chi connectivity index (χ2v) is 5.52. The van der Waals surface area contributed by atoms with E-state index >= 15 is 0 Å². The maximum absolute atomic E-state index is 10.3. The summed E-state index contributed by atoms with van der Waals surface area (Å²) in [7, 11) is 1.61. The van der Waals surface area contributed by atoms with E-state index < -0.39 is 6.10 Å². The first-order valence-electron chi connectivity index (χ1n) is 7.76. The molecule has 0 fully saturated rings. The average Bonchev–Trinajstić information content (AvgIpc) is 2.65. The molecule has 1 unspecified atom stereocenters. The fraction of sp³-hybridized carbons (Fsp3) is 0.211. The molecule has 0 aliphatic rings. The molecule has 1 heterocycles. The largest absolute Gasteiger partial charge is 0.497 e. The summed E-state index contributed by atoms with van der Waals surface area (Å²) in [5.41, 5.74) is 2.33. The van der Waals surface area contributed by atoms with E-state index in [-0.39, 0.29) is 6.61 Å². The molecule has 24 heavy (non-hydrogen) atoms. The van der Waals surface area contributed by atoms with Gasteiger partial charge in [-0.05, 0) is 29.8 Å². The van der Waals surface area contributed by atoms with Gasteiger partial charge >= 0.3 is 0 Å². The number of ether oxygens (including phenoxy) is 1. The van der Waals surface area contributed by atoms with E-state index in [1.54, 1.807) is 7.11 Å². The molecule has 0 spiro atoms. The van der Waals surface area contributed by atoms with E-state index in [1.165, 1.54) is 0 Å². The molecule has 0 aliphatic heterocycles. The summed E-state index contributed by atoms with van der Waals surface area (Å²) in [5.74, 6) is 1.33. The lowest BCUT2D eigenvalue weighted by molar-refractivity contribution is 0.191. The third-order valence-corrected chi connectivity index (χ3v) is 3.94. The highest BCUT2D eigenvalue weighted by Gasteiger charge is 2.11. The number of hydrogen-bond acceptors (Lipinski definition) is 5. The van der Waals surface area contributed by atoms with Crippen molar-refractivity contribution in [2.45, 2.75) is 12.7 Å². The molecule has 3 rings (SSSR count). The van der Waals surface area contributed by atoms with Crippen molar-refractivity contribution < 1.29 is 14.9 Å². The van der Waals surface area contributed by atoms with Crippen LogP contribution in [-0.2, 0) is 6.61 Å². The molecule has 124 valence electrons. The monoisotopic (exact) mass is 324 g/mol. The number of hydrogen-bond donors (Lipinski definition) is 3. The zero-order valence-corrected chi connectivity index (χ0v) is 13.4. The van der Waals surface area contributed by atoms with Crippen LogP contribution in [0.2, 0.25) is 0 Å². The van der Waals surface area contributed by atoms with E-state index in [0.29, 0.717) is 17.9 Å². The zero-order valence-electron chi connectivity index (χ0n) is 13.4. The highest BCUT2D eigenvalue weighted by atomic mass is 16.5. The van der Waals surface area contributed by atoms with Crippen LogP contribution in [0.25, 0.3) is 10.9 Å². The lowest BCUT2D eigenvalue weighted by atomic mass is 10.1. The maximum atomic E-state index is 10.3. The summed E-state index contributed by atoms with van der Waals surface area (Å²) in [5, 5.41) is 24.0. The number of para-hydroxylation sites is 1. The van der Waals surface area contributed by atoms with Crippen molar-refractivity contribution in [3.8, 4) is 5.75 Å². The number of fused-ring (bicyclic) bond motifs is 1. The van der Waals surface area contributed by atoms with Gasteiger partial charge in [0.2, 0.25) is 0 Å². The van der Waals surface area contributed by atoms with E-state index in [4.69, 9.17) is 4.74 Å². The number of nitrogens with zero attached hydrogens (tertiary/aromatic N) is 1. The Kier molecular flexibility index (Phi) is 4.93. The Morgan fingerprint density at radius 2 is 1.88 bits per heavy atom. The molecule has 3 aromatic rings. The minimum atomic E-state index is -0.685. The first-order chi connectivity index (χ1) is 11.7. The van der Waals surface area contributed by atoms with Crippen molar-refractivity contribution in [2.24, 2.45) is 0 Å². The third kappa shape index (κ3) is 3.48. The standard InChI is InChI=1S/C19H20N2O3/c1-24-16-8-6-13(7-9-16)18(23)11-20-19-15(12-22)10-14-4-2-3-5-17(14)21-19/h2-10,18,22-23H,11-12H2,1H3,(H,20,21). The van der Waals surface area contributed by atoms with Crippen LogP contribution >= 0.6 is 0 Å². The molecular weight excluding hydrogens is 304 g/mol. The molecule has 0 saturated heterocycles. The van der Waals surface area contributed by atoms with Gasteiger partial charge in [0, 0.05) is 17.5 Å². The molecule has 1 aromatic heterocycles. The fourth-order valence-electron chi connectivity index (χ4n) is 2.57. The molecule has 0 bridgehead atoms. The van der Waals surface area contributed by atoms with Gasteiger partial charge in [0.05, 0.1) is 25.3 Å². The molecule has 0 aliphatic carbocycles. The van der Waals surface area contributed by atoms with E-state index in [0.717, 1.165) is 22.2 Å². The summed E-state index contributed by atoms with van der Waals surface area (Å²) >= 11 is 0. The Hall–Kier alpha value is -2.63. The van der Waals surface area contributed by atoms with Gasteiger partial charge in [-0.2, -0.15) is 0 Å². The van der Waals surface area contributed by atoms with E-state index in [9.17, 15) is 10.2 Å². The highest BCUT2D eigenvalue weighted by Crippen LogP contribution is 2.22. The van der Waals surface area contributed by atoms with Crippen molar-refractivity contribution in [1.29, 1.82) is 0 Å². The van der Waals surface area contributed by atoms with Crippen LogP contribution < -0.4 is 10.1 Å². The molecule has 0 radical (unpaired) electrons. The molecule has 0 saturated carbocycles. The number of aliphatic hydroxyl groups excluding tert-OH is 2. The average molecular weight is 324 g/mol. The van der Waals surface area contributed by atoms with Gasteiger partial charge in [0.25, 0.3) is 0 Å². The van der Waals surface area contributed by atoms with Gasteiger partial charge < -0.3 is 20.3 Å². The van der Waals surface area contributed by atoms with E-state index in [1.807, 2.05) is 54.6 Å². The van der Waals surface area contributed by atoms with Crippen LogP contribution in [0.5, 0.6) is 5.75 Å². The Morgan fingerprint density at radius 1 is 1.12 bits per heavy atom. The van der Waals surface area contributed by atoms with Crippen molar-refractivity contribution in [3.63, 3.8) is 0 Å². The quantitative estimate of drug-likeness (QED) is 0.650. The number of aliphatic hydroxyl groups is 2. The molecule has 0 amide bonds. The summed E-state index contributed by atoms with van der Waals surface area (Å²) in [6.07, 6.45) is -0.685. The van der Waals surface area contributed by atoms with Gasteiger partial charge in [0.15, 0.2) is 0 Å².